The lowest BCUT2D eigenvalue weighted by molar-refractivity contribution is -0.137. The maximum absolute atomic E-state index is 13.1. The first-order chi connectivity index (χ1) is 16.7. The zero-order valence-corrected chi connectivity index (χ0v) is 19.8. The van der Waals surface area contributed by atoms with Crippen LogP contribution < -0.4 is 5.32 Å². The Hall–Kier alpha value is -3.56. The van der Waals surface area contributed by atoms with Crippen LogP contribution in [0, 0.1) is 0 Å². The predicted molar refractivity (Wildman–Crippen MR) is 131 cm³/mol. The minimum absolute atomic E-state index is 0.204. The summed E-state index contributed by atoms with van der Waals surface area (Å²) in [5.41, 5.74) is 1.55. The summed E-state index contributed by atoms with van der Waals surface area (Å²) in [5, 5.41) is 2.34. The van der Waals surface area contributed by atoms with Crippen molar-refractivity contribution >= 4 is 40.4 Å². The molecule has 0 aliphatic rings. The predicted octanol–water partition coefficient (Wildman–Crippen LogP) is 7.06. The van der Waals surface area contributed by atoms with Crippen LogP contribution in [0.5, 0.6) is 0 Å². The SMILES string of the molecule is CC(=NC(c1ccccc1)c1ccccc1)c1ncc(C(=O)Nc2cc(C(F)(F)F)c(Cl)cn2)s1. The van der Waals surface area contributed by atoms with Gasteiger partial charge in [-0.2, -0.15) is 13.2 Å². The number of aromatic nitrogens is 2. The lowest BCUT2D eigenvalue weighted by Crippen LogP contribution is -2.13. The molecule has 0 atom stereocenters. The van der Waals surface area contributed by atoms with Gasteiger partial charge in [-0.1, -0.05) is 72.3 Å². The summed E-state index contributed by atoms with van der Waals surface area (Å²) in [5.74, 6) is -0.896. The third kappa shape index (κ3) is 5.93. The number of benzene rings is 2. The maximum atomic E-state index is 13.1. The topological polar surface area (TPSA) is 67.2 Å². The average Bonchev–Trinajstić information content (AvgIpc) is 3.35. The van der Waals surface area contributed by atoms with Gasteiger partial charge in [-0.05, 0) is 24.1 Å². The highest BCUT2D eigenvalue weighted by Gasteiger charge is 2.34. The fourth-order valence-electron chi connectivity index (χ4n) is 3.31. The van der Waals surface area contributed by atoms with E-state index in [1.54, 1.807) is 6.92 Å². The molecule has 0 aliphatic carbocycles. The van der Waals surface area contributed by atoms with E-state index >= 15 is 0 Å². The van der Waals surface area contributed by atoms with Crippen LogP contribution in [0.25, 0.3) is 0 Å². The number of hydrogen-bond donors (Lipinski definition) is 1. The van der Waals surface area contributed by atoms with Crippen LogP contribution in [0.3, 0.4) is 0 Å². The lowest BCUT2D eigenvalue weighted by atomic mass is 9.99. The lowest BCUT2D eigenvalue weighted by Gasteiger charge is -2.14. The molecule has 35 heavy (non-hydrogen) atoms. The van der Waals surface area contributed by atoms with Gasteiger partial charge in [0.1, 0.15) is 21.7 Å². The molecule has 4 aromatic rings. The summed E-state index contributed by atoms with van der Waals surface area (Å²) >= 11 is 6.67. The largest absolute Gasteiger partial charge is 0.418 e. The van der Waals surface area contributed by atoms with E-state index in [4.69, 9.17) is 16.6 Å². The first-order valence-electron chi connectivity index (χ1n) is 10.4. The number of nitrogens with one attached hydrogen (secondary N) is 1. The Kier molecular flexibility index (Phi) is 7.28. The molecule has 0 unspecified atom stereocenters. The molecule has 4 rings (SSSR count). The van der Waals surface area contributed by atoms with E-state index in [-0.39, 0.29) is 16.7 Å². The number of aliphatic imine (C=N–C) groups is 1. The van der Waals surface area contributed by atoms with Gasteiger partial charge in [0.15, 0.2) is 0 Å². The minimum atomic E-state index is -4.67. The molecule has 2 heterocycles. The molecule has 0 radical (unpaired) electrons. The number of nitrogens with zero attached hydrogens (tertiary/aromatic N) is 3. The molecule has 0 saturated carbocycles. The number of halogens is 4. The third-order valence-corrected chi connectivity index (χ3v) is 6.40. The maximum Gasteiger partial charge on any atom is 0.418 e. The zero-order valence-electron chi connectivity index (χ0n) is 18.3. The monoisotopic (exact) mass is 514 g/mol. The van der Waals surface area contributed by atoms with E-state index in [2.05, 4.69) is 15.3 Å². The number of anilines is 1. The Morgan fingerprint density at radius 1 is 1.00 bits per heavy atom. The van der Waals surface area contributed by atoms with Crippen LogP contribution in [0.4, 0.5) is 19.0 Å². The Balaban J connectivity index is 1.57. The Bertz CT molecular complexity index is 1320. The van der Waals surface area contributed by atoms with Crippen molar-refractivity contribution in [1.29, 1.82) is 0 Å². The second kappa shape index (κ2) is 10.4. The van der Waals surface area contributed by atoms with Gasteiger partial charge in [-0.25, -0.2) is 9.97 Å². The second-order valence-corrected chi connectivity index (χ2v) is 8.91. The summed E-state index contributed by atoms with van der Waals surface area (Å²) in [4.78, 5) is 25.8. The molecule has 1 amide bonds. The highest BCUT2D eigenvalue weighted by atomic mass is 35.5. The van der Waals surface area contributed by atoms with Crippen molar-refractivity contribution in [2.24, 2.45) is 4.99 Å². The van der Waals surface area contributed by atoms with Gasteiger partial charge in [0.05, 0.1) is 22.5 Å². The Labute approximate surface area is 208 Å². The summed E-state index contributed by atoms with van der Waals surface area (Å²) in [6, 6.07) is 20.0. The summed E-state index contributed by atoms with van der Waals surface area (Å²) < 4.78 is 39.3. The number of amides is 1. The highest BCUT2D eigenvalue weighted by Crippen LogP contribution is 2.35. The molecule has 10 heteroatoms. The van der Waals surface area contributed by atoms with Crippen molar-refractivity contribution in [2.45, 2.75) is 19.1 Å². The van der Waals surface area contributed by atoms with Crippen LogP contribution in [-0.4, -0.2) is 21.6 Å². The highest BCUT2D eigenvalue weighted by molar-refractivity contribution is 7.15. The molecule has 0 saturated heterocycles. The van der Waals surface area contributed by atoms with E-state index in [1.165, 1.54) is 6.20 Å². The van der Waals surface area contributed by atoms with E-state index < -0.39 is 22.7 Å². The summed E-state index contributed by atoms with van der Waals surface area (Å²) in [6.07, 6.45) is -2.46. The van der Waals surface area contributed by atoms with Gasteiger partial charge in [-0.15, -0.1) is 11.3 Å². The normalized spacial score (nSPS) is 12.1. The summed E-state index contributed by atoms with van der Waals surface area (Å²) in [7, 11) is 0. The quantitative estimate of drug-likeness (QED) is 0.280. The van der Waals surface area contributed by atoms with Crippen molar-refractivity contribution in [3.63, 3.8) is 0 Å². The van der Waals surface area contributed by atoms with Gasteiger partial charge in [0, 0.05) is 6.20 Å². The van der Waals surface area contributed by atoms with E-state index in [0.29, 0.717) is 16.8 Å². The smallest absolute Gasteiger partial charge is 0.306 e. The molecule has 2 aromatic heterocycles. The van der Waals surface area contributed by atoms with Gasteiger partial charge in [0.25, 0.3) is 5.91 Å². The number of hydrogen-bond acceptors (Lipinski definition) is 5. The van der Waals surface area contributed by atoms with E-state index in [0.717, 1.165) is 28.7 Å². The van der Waals surface area contributed by atoms with Crippen LogP contribution >= 0.6 is 22.9 Å². The Morgan fingerprint density at radius 3 is 2.17 bits per heavy atom. The zero-order chi connectivity index (χ0) is 25.0. The van der Waals surface area contributed by atoms with Crippen LogP contribution in [0.15, 0.2) is 84.1 Å². The molecule has 0 aliphatic heterocycles. The standard InChI is InChI=1S/C25H18ClF3N4OS/c1-15(32-22(16-8-4-2-5-9-16)17-10-6-3-7-11-17)24-31-14-20(35-24)23(34)33-21-12-18(25(27,28)29)19(26)13-30-21/h2-14,22H,1H3,(H,30,33,34). The number of carbonyl (C=O) groups is 1. The fraction of sp³-hybridized carbons (Fsp3) is 0.120. The number of pyridine rings is 1. The van der Waals surface area contributed by atoms with Crippen molar-refractivity contribution < 1.29 is 18.0 Å². The number of carbonyl (C=O) groups excluding carboxylic acids is 1. The number of thiazole rings is 1. The second-order valence-electron chi connectivity index (χ2n) is 7.47. The van der Waals surface area contributed by atoms with Crippen molar-refractivity contribution in [2.75, 3.05) is 5.32 Å². The Morgan fingerprint density at radius 2 is 1.60 bits per heavy atom. The van der Waals surface area contributed by atoms with Crippen molar-refractivity contribution in [1.82, 2.24) is 9.97 Å². The summed E-state index contributed by atoms with van der Waals surface area (Å²) in [6.45, 7) is 1.80. The molecule has 0 bridgehead atoms. The molecule has 5 nitrogen and oxygen atoms in total. The first-order valence-corrected chi connectivity index (χ1v) is 11.6. The molecule has 178 valence electrons. The van der Waals surface area contributed by atoms with Gasteiger partial charge < -0.3 is 5.32 Å². The van der Waals surface area contributed by atoms with E-state index in [1.807, 2.05) is 60.7 Å². The van der Waals surface area contributed by atoms with Crippen molar-refractivity contribution in [3.05, 3.63) is 111 Å². The molecule has 2 aromatic carbocycles. The van der Waals surface area contributed by atoms with Crippen molar-refractivity contribution in [3.8, 4) is 0 Å². The van der Waals surface area contributed by atoms with Gasteiger partial charge in [-0.3, -0.25) is 9.79 Å². The molecular formula is C25H18ClF3N4OS. The van der Waals surface area contributed by atoms with Gasteiger partial charge in [0.2, 0.25) is 0 Å². The number of rotatable bonds is 6. The van der Waals surface area contributed by atoms with E-state index in [9.17, 15) is 18.0 Å². The molecule has 1 N–H and O–H groups in total. The third-order valence-electron chi connectivity index (χ3n) is 4.99. The number of alkyl halides is 3. The van der Waals surface area contributed by atoms with Gasteiger partial charge >= 0.3 is 6.18 Å². The minimum Gasteiger partial charge on any atom is -0.306 e. The molecule has 0 spiro atoms. The van der Waals surface area contributed by atoms with Crippen LogP contribution in [-0.2, 0) is 6.18 Å². The van der Waals surface area contributed by atoms with Crippen LogP contribution in [0.2, 0.25) is 5.02 Å². The van der Waals surface area contributed by atoms with Crippen LogP contribution in [0.1, 0.15) is 44.3 Å². The fourth-order valence-corrected chi connectivity index (χ4v) is 4.28. The molecule has 0 fully saturated rings. The first kappa shape index (κ1) is 24.6. The average molecular weight is 515 g/mol. The molecular weight excluding hydrogens is 497 g/mol.